The van der Waals surface area contributed by atoms with Crippen molar-refractivity contribution in [2.45, 2.75) is 18.3 Å². The molecule has 13 nitrogen and oxygen atoms in total. The van der Waals surface area contributed by atoms with Crippen molar-refractivity contribution in [1.29, 1.82) is 0 Å². The Kier molecular flexibility index (Phi) is 27.5. The Morgan fingerprint density at radius 1 is 0.450 bits per heavy atom. The molecule has 0 bridgehead atoms. The van der Waals surface area contributed by atoms with Crippen LogP contribution in [0.25, 0.3) is 0 Å². The Morgan fingerprint density at radius 3 is 0.825 bits per heavy atom. The molecule has 0 fully saturated rings. The minimum atomic E-state index is -2.17. The van der Waals surface area contributed by atoms with E-state index in [0.717, 1.165) is 6.42 Å². The van der Waals surface area contributed by atoms with Gasteiger partial charge in [-0.05, 0) is 23.1 Å². The van der Waals surface area contributed by atoms with Crippen molar-refractivity contribution in [2.24, 2.45) is 0 Å². The zero-order chi connectivity index (χ0) is 30.3. The summed E-state index contributed by atoms with van der Waals surface area (Å²) in [6.45, 7) is -0.0474. The van der Waals surface area contributed by atoms with Crippen molar-refractivity contribution in [3.8, 4) is 0 Å². The van der Waals surface area contributed by atoms with E-state index >= 15 is 0 Å². The quantitative estimate of drug-likeness (QED) is 0.0997. The van der Waals surface area contributed by atoms with E-state index in [1.807, 2.05) is 18.2 Å². The number of rotatable bonds is 6. The molecule has 0 aliphatic rings. The van der Waals surface area contributed by atoms with Crippen LogP contribution in [-0.4, -0.2) is 96.2 Å². The summed E-state index contributed by atoms with van der Waals surface area (Å²) >= 11 is 0. The van der Waals surface area contributed by atoms with Crippen LogP contribution in [0.1, 0.15) is 29.5 Å². The third-order valence-corrected chi connectivity index (χ3v) is 4.50. The van der Waals surface area contributed by atoms with Gasteiger partial charge in [0.1, 0.15) is 0 Å². The number of hydrogen-bond acceptors (Lipinski definition) is 13. The van der Waals surface area contributed by atoms with Crippen molar-refractivity contribution in [1.82, 2.24) is 0 Å². The molecular formula is C22H33B4LiO13. The molecule has 0 unspecified atom stereocenters. The van der Waals surface area contributed by atoms with Crippen molar-refractivity contribution in [2.75, 3.05) is 6.61 Å². The maximum absolute atomic E-state index is 11.3. The molecular weight excluding hydrogens is 522 g/mol. The largest absolute Gasteiger partial charge is 1.00 e. The summed E-state index contributed by atoms with van der Waals surface area (Å²) in [5.74, 6) is 0. The van der Waals surface area contributed by atoms with E-state index in [9.17, 15) is 5.11 Å². The molecule has 12 N–H and O–H groups in total. The molecule has 0 saturated carbocycles. The first-order valence-corrected chi connectivity index (χ1v) is 11.2. The van der Waals surface area contributed by atoms with Gasteiger partial charge in [0.25, 0.3) is 0 Å². The fourth-order valence-electron chi connectivity index (χ4n) is 3.44. The van der Waals surface area contributed by atoms with Crippen LogP contribution in [-0.2, 0) is 5.41 Å². The fraction of sp³-hybridized carbons (Fsp3) is 0.182. The van der Waals surface area contributed by atoms with E-state index in [2.05, 4.69) is 72.8 Å². The van der Waals surface area contributed by atoms with Crippen LogP contribution >= 0.6 is 0 Å². The summed E-state index contributed by atoms with van der Waals surface area (Å²) < 4.78 is 0. The van der Waals surface area contributed by atoms with Crippen molar-refractivity contribution in [3.63, 3.8) is 0 Å². The minimum absolute atomic E-state index is 0. The van der Waals surface area contributed by atoms with Crippen LogP contribution in [0.15, 0.2) is 91.0 Å². The van der Waals surface area contributed by atoms with Crippen LogP contribution in [0, 0.1) is 0 Å². The Labute approximate surface area is 245 Å². The first-order valence-electron chi connectivity index (χ1n) is 11.2. The normalized spacial score (nSPS) is 9.22. The van der Waals surface area contributed by atoms with Crippen LogP contribution in [0.4, 0.5) is 0 Å². The van der Waals surface area contributed by atoms with Crippen LogP contribution in [0.5, 0.6) is 0 Å². The zero-order valence-electron chi connectivity index (χ0n) is 21.9. The van der Waals surface area contributed by atoms with Gasteiger partial charge in [-0.1, -0.05) is 97.4 Å². The topological polar surface area (TPSA) is 266 Å². The molecule has 3 aromatic rings. The summed E-state index contributed by atoms with van der Waals surface area (Å²) in [5.41, 5.74) is 3.45. The second-order valence-corrected chi connectivity index (χ2v) is 7.20. The molecule has 0 aromatic heterocycles. The van der Waals surface area contributed by atoms with Crippen LogP contribution in [0.3, 0.4) is 0 Å². The van der Waals surface area contributed by atoms with E-state index in [-0.39, 0.29) is 30.9 Å². The van der Waals surface area contributed by atoms with Gasteiger partial charge in [0.05, 0.1) is 0 Å². The van der Waals surface area contributed by atoms with E-state index in [1.54, 1.807) is 0 Å². The van der Waals surface area contributed by atoms with E-state index < -0.39 is 29.3 Å². The molecule has 0 aliphatic carbocycles. The van der Waals surface area contributed by atoms with Gasteiger partial charge in [-0.3, -0.25) is 0 Å². The summed E-state index contributed by atoms with van der Waals surface area (Å²) in [7, 11) is -8.67. The number of benzene rings is 3. The Morgan fingerprint density at radius 2 is 0.650 bits per heavy atom. The zero-order valence-corrected chi connectivity index (χ0v) is 21.9. The first-order chi connectivity index (χ1) is 18.3. The minimum Gasteiger partial charge on any atom is -0.854 e. The summed E-state index contributed by atoms with van der Waals surface area (Å²) in [6, 6.07) is 31.6. The van der Waals surface area contributed by atoms with E-state index in [4.69, 9.17) is 60.3 Å². The van der Waals surface area contributed by atoms with Gasteiger partial charge in [0, 0.05) is 5.41 Å². The predicted molar refractivity (Wildman–Crippen MR) is 143 cm³/mol. The maximum atomic E-state index is 11.3. The standard InChI is InChI=1S/C22H21O.4BH3O3.Li/c23-18-10-17-22(19-11-4-1-5-12-19,20-13-6-2-7-14-20)21-15-8-3-9-16-21;4*2-1(3)4;/h1-9,11-16H,10,17-18H2;4*2-4H;/q-1;;;;;+1. The monoisotopic (exact) mass is 556 g/mol. The molecule has 0 heterocycles. The van der Waals surface area contributed by atoms with Crippen LogP contribution in [0.2, 0.25) is 0 Å². The van der Waals surface area contributed by atoms with Gasteiger partial charge < -0.3 is 65.4 Å². The van der Waals surface area contributed by atoms with Crippen molar-refractivity contribution < 1.29 is 84.3 Å². The predicted octanol–water partition coefficient (Wildman–Crippen LogP) is -7.04. The summed E-state index contributed by atoms with van der Waals surface area (Å²) in [4.78, 5) is 0. The second kappa shape index (κ2) is 25.9. The Bertz CT molecular complexity index is 800. The van der Waals surface area contributed by atoms with Gasteiger partial charge in [-0.15, -0.1) is 6.61 Å². The first kappa shape index (κ1) is 42.5. The second-order valence-electron chi connectivity index (χ2n) is 7.20. The van der Waals surface area contributed by atoms with Crippen molar-refractivity contribution in [3.05, 3.63) is 108 Å². The molecule has 0 saturated heterocycles. The molecule has 212 valence electrons. The molecule has 18 heteroatoms. The van der Waals surface area contributed by atoms with Gasteiger partial charge in [-0.2, -0.15) is 0 Å². The molecule has 0 atom stereocenters. The number of hydrogen-bond donors (Lipinski definition) is 12. The maximum Gasteiger partial charge on any atom is 1.00 e. The Balaban J connectivity index is -0.000000667. The average molecular weight is 556 g/mol. The molecule has 0 aliphatic heterocycles. The van der Waals surface area contributed by atoms with Gasteiger partial charge >= 0.3 is 48.1 Å². The molecule has 0 amide bonds. The average Bonchev–Trinajstić information content (AvgIpc) is 2.85. The van der Waals surface area contributed by atoms with Gasteiger partial charge in [0.2, 0.25) is 0 Å². The third-order valence-electron chi connectivity index (χ3n) is 4.50. The summed E-state index contributed by atoms with van der Waals surface area (Å²) in [5, 5.41) is 97.3. The smallest absolute Gasteiger partial charge is 0.854 e. The third kappa shape index (κ3) is 21.8. The van der Waals surface area contributed by atoms with Crippen LogP contribution < -0.4 is 24.0 Å². The fourth-order valence-corrected chi connectivity index (χ4v) is 3.44. The van der Waals surface area contributed by atoms with Gasteiger partial charge in [-0.25, -0.2) is 0 Å². The van der Waals surface area contributed by atoms with Gasteiger partial charge in [0.15, 0.2) is 0 Å². The molecule has 3 rings (SSSR count). The SMILES string of the molecule is OB(O)O.OB(O)O.OB(O)O.OB(O)O.[Li+].[O-]CCCC(c1ccccc1)(c1ccccc1)c1ccccc1. The van der Waals surface area contributed by atoms with Crippen molar-refractivity contribution >= 4 is 29.3 Å². The molecule has 40 heavy (non-hydrogen) atoms. The Hall–Kier alpha value is -2.00. The van der Waals surface area contributed by atoms with E-state index in [1.165, 1.54) is 16.7 Å². The molecule has 0 radical (unpaired) electrons. The summed E-state index contributed by atoms with van der Waals surface area (Å²) in [6.07, 6.45) is 1.47. The van der Waals surface area contributed by atoms with E-state index in [0.29, 0.717) is 6.42 Å². The molecule has 3 aromatic carbocycles. The molecule has 0 spiro atoms.